The minimum absolute atomic E-state index is 1.12. The maximum absolute atomic E-state index is 3.25. The summed E-state index contributed by atoms with van der Waals surface area (Å²) in [4.78, 5) is 3.03. The van der Waals surface area contributed by atoms with Crippen molar-refractivity contribution >= 4 is 64.1 Å². The summed E-state index contributed by atoms with van der Waals surface area (Å²) >= 11 is 7.41. The van der Waals surface area contributed by atoms with Crippen LogP contribution in [0.25, 0.3) is 28.6 Å². The van der Waals surface area contributed by atoms with Crippen LogP contribution in [0.5, 0.6) is 0 Å². The van der Waals surface area contributed by atoms with Crippen LogP contribution in [-0.2, 0) is 6.42 Å². The number of rotatable bonds is 0. The number of hydrogen-bond acceptors (Lipinski definition) is 4. The minimum atomic E-state index is 1.12. The van der Waals surface area contributed by atoms with Crippen LogP contribution in [0, 0.1) is 10.8 Å². The van der Waals surface area contributed by atoms with Gasteiger partial charge in [-0.05, 0) is 23.3 Å². The van der Waals surface area contributed by atoms with Gasteiger partial charge in [0, 0.05) is 36.0 Å². The van der Waals surface area contributed by atoms with Gasteiger partial charge in [0.2, 0.25) is 0 Å². The van der Waals surface area contributed by atoms with Crippen molar-refractivity contribution in [1.82, 2.24) is 0 Å². The molecule has 2 radical (unpaired) electrons. The predicted molar refractivity (Wildman–Crippen MR) is 78.9 cm³/mol. The lowest BCUT2D eigenvalue weighted by molar-refractivity contribution is 1.33. The zero-order valence-corrected chi connectivity index (χ0v) is 11.8. The van der Waals surface area contributed by atoms with Gasteiger partial charge in [0.15, 0.2) is 0 Å². The highest BCUT2D eigenvalue weighted by Crippen LogP contribution is 2.54. The van der Waals surface area contributed by atoms with Gasteiger partial charge in [0.05, 0.1) is 9.75 Å². The largest absolute Gasteiger partial charge is 0.133 e. The number of thiophene rings is 4. The number of fused-ring (bicyclic) bond motifs is 7. The van der Waals surface area contributed by atoms with E-state index in [1.165, 1.54) is 28.6 Å². The average Bonchev–Trinajstić information content (AvgIpc) is 2.99. The standard InChI is InChI=1S/C13H4S4/c1-3-14-10-6-5-7-11-9(2-4-15-11)17-13(7)12(6)16-8(1)10/h1-2H,5H2. The van der Waals surface area contributed by atoms with Crippen molar-refractivity contribution in [3.63, 3.8) is 0 Å². The summed E-state index contributed by atoms with van der Waals surface area (Å²) in [6.45, 7) is 0. The molecule has 0 fully saturated rings. The summed E-state index contributed by atoms with van der Waals surface area (Å²) in [5, 5.41) is 6.50. The van der Waals surface area contributed by atoms with Gasteiger partial charge in [-0.15, -0.1) is 45.3 Å². The molecule has 1 aliphatic carbocycles. The first kappa shape index (κ1) is 9.28. The van der Waals surface area contributed by atoms with Crippen molar-refractivity contribution in [2.24, 2.45) is 0 Å². The lowest BCUT2D eigenvalue weighted by atomic mass is 10.2. The second-order valence-electron chi connectivity index (χ2n) is 4.11. The van der Waals surface area contributed by atoms with Gasteiger partial charge in [-0.1, -0.05) is 0 Å². The van der Waals surface area contributed by atoms with Gasteiger partial charge in [0.1, 0.15) is 0 Å². The van der Waals surface area contributed by atoms with Crippen LogP contribution in [0.3, 0.4) is 0 Å². The lowest BCUT2D eigenvalue weighted by Gasteiger charge is -1.89. The lowest BCUT2D eigenvalue weighted by Crippen LogP contribution is -1.75. The third kappa shape index (κ3) is 1.03. The summed E-state index contributed by atoms with van der Waals surface area (Å²) in [5.41, 5.74) is 3.10. The fourth-order valence-corrected chi connectivity index (χ4v) is 7.17. The molecule has 1 aliphatic rings. The van der Waals surface area contributed by atoms with Crippen LogP contribution in [-0.4, -0.2) is 0 Å². The molecular weight excluding hydrogens is 284 g/mol. The van der Waals surface area contributed by atoms with Gasteiger partial charge >= 0.3 is 0 Å². The first-order chi connectivity index (χ1) is 8.42. The van der Waals surface area contributed by atoms with Crippen molar-refractivity contribution < 1.29 is 0 Å². The van der Waals surface area contributed by atoms with Gasteiger partial charge in [-0.2, -0.15) is 0 Å². The molecule has 0 N–H and O–H groups in total. The Labute approximate surface area is 114 Å². The highest BCUT2D eigenvalue weighted by molar-refractivity contribution is 7.34. The van der Waals surface area contributed by atoms with Crippen LogP contribution >= 0.6 is 45.3 Å². The van der Waals surface area contributed by atoms with Crippen molar-refractivity contribution in [1.29, 1.82) is 0 Å². The third-order valence-corrected chi connectivity index (χ3v) is 7.82. The van der Waals surface area contributed by atoms with Gasteiger partial charge in [0.25, 0.3) is 0 Å². The Balaban J connectivity index is 1.94. The molecule has 0 bridgehead atoms. The molecule has 17 heavy (non-hydrogen) atoms. The maximum atomic E-state index is 3.25. The first-order valence-corrected chi connectivity index (χ1v) is 8.51. The van der Waals surface area contributed by atoms with E-state index in [9.17, 15) is 0 Å². The molecule has 0 unspecified atom stereocenters. The van der Waals surface area contributed by atoms with E-state index < -0.39 is 0 Å². The van der Waals surface area contributed by atoms with Gasteiger partial charge in [-0.25, -0.2) is 0 Å². The molecule has 4 aromatic rings. The monoisotopic (exact) mass is 288 g/mol. The van der Waals surface area contributed by atoms with E-state index in [-0.39, 0.29) is 0 Å². The molecule has 4 heterocycles. The molecule has 80 valence electrons. The van der Waals surface area contributed by atoms with E-state index in [1.54, 1.807) is 33.8 Å². The quantitative estimate of drug-likeness (QED) is 0.357. The molecule has 0 nitrogen and oxygen atoms in total. The molecule has 0 saturated heterocycles. The van der Waals surface area contributed by atoms with E-state index in [0.717, 1.165) is 6.42 Å². The van der Waals surface area contributed by atoms with Crippen molar-refractivity contribution in [3.8, 4) is 9.75 Å². The molecular formula is C13H4S4. The van der Waals surface area contributed by atoms with Crippen LogP contribution < -0.4 is 0 Å². The minimum Gasteiger partial charge on any atom is -0.133 e. The topological polar surface area (TPSA) is 0 Å². The summed E-state index contributed by atoms with van der Waals surface area (Å²) in [5.74, 6) is 0. The van der Waals surface area contributed by atoms with E-state index in [1.807, 2.05) is 22.7 Å². The molecule has 0 aliphatic heterocycles. The van der Waals surface area contributed by atoms with Crippen LogP contribution in [0.15, 0.2) is 12.1 Å². The van der Waals surface area contributed by atoms with Gasteiger partial charge in [-0.3, -0.25) is 0 Å². The number of hydrogen-bond donors (Lipinski definition) is 0. The summed E-state index contributed by atoms with van der Waals surface area (Å²) in [7, 11) is 0. The SMILES string of the molecule is [c]1cc2sc3c(c2s1)Cc1c-3sc2c[c]sc12. The molecule has 0 amide bonds. The summed E-state index contributed by atoms with van der Waals surface area (Å²) in [6.07, 6.45) is 1.12. The molecule has 0 saturated carbocycles. The average molecular weight is 288 g/mol. The Hall–Kier alpha value is -0.680. The Kier molecular flexibility index (Phi) is 1.64. The summed E-state index contributed by atoms with van der Waals surface area (Å²) < 4.78 is 5.74. The zero-order valence-electron chi connectivity index (χ0n) is 8.49. The molecule has 0 aromatic carbocycles. The van der Waals surface area contributed by atoms with Crippen molar-refractivity contribution in [2.75, 3.05) is 0 Å². The second-order valence-corrected chi connectivity index (χ2v) is 7.91. The van der Waals surface area contributed by atoms with E-state index in [2.05, 4.69) is 22.9 Å². The molecule has 5 rings (SSSR count). The van der Waals surface area contributed by atoms with Crippen LogP contribution in [0.4, 0.5) is 0 Å². The highest BCUT2D eigenvalue weighted by atomic mass is 32.1. The van der Waals surface area contributed by atoms with E-state index >= 15 is 0 Å². The Bertz CT molecular complexity index is 795. The summed E-state index contributed by atoms with van der Waals surface area (Å²) in [6, 6.07) is 4.26. The molecule has 4 heteroatoms. The molecule has 0 atom stereocenters. The Morgan fingerprint density at radius 2 is 1.35 bits per heavy atom. The molecule has 4 aromatic heterocycles. The molecule has 0 spiro atoms. The van der Waals surface area contributed by atoms with E-state index in [4.69, 9.17) is 0 Å². The smallest absolute Gasteiger partial charge is 0.0502 e. The third-order valence-electron chi connectivity index (χ3n) is 3.23. The van der Waals surface area contributed by atoms with Crippen molar-refractivity contribution in [2.45, 2.75) is 6.42 Å². The second kappa shape index (κ2) is 3.01. The fraction of sp³-hybridized carbons (Fsp3) is 0.0769. The van der Waals surface area contributed by atoms with Crippen LogP contribution in [0.2, 0.25) is 0 Å². The first-order valence-electron chi connectivity index (χ1n) is 5.24. The fourth-order valence-electron chi connectivity index (χ4n) is 2.50. The Morgan fingerprint density at radius 1 is 0.824 bits per heavy atom. The maximum Gasteiger partial charge on any atom is 0.0502 e. The predicted octanol–water partition coefficient (Wildman–Crippen LogP) is 5.41. The normalized spacial score (nSPS) is 13.6. The van der Waals surface area contributed by atoms with Gasteiger partial charge < -0.3 is 0 Å². The zero-order chi connectivity index (χ0) is 11.0. The Morgan fingerprint density at radius 3 is 1.88 bits per heavy atom. The highest BCUT2D eigenvalue weighted by Gasteiger charge is 2.28. The van der Waals surface area contributed by atoms with Crippen LogP contribution in [0.1, 0.15) is 11.1 Å². The van der Waals surface area contributed by atoms with Crippen molar-refractivity contribution in [3.05, 3.63) is 34.0 Å². The van der Waals surface area contributed by atoms with E-state index in [0.29, 0.717) is 0 Å².